The molecule has 0 radical (unpaired) electrons. The van der Waals surface area contributed by atoms with Gasteiger partial charge in [0, 0.05) is 38.4 Å². The minimum Gasteiger partial charge on any atom is -0.408 e. The maximum Gasteiger partial charge on any atom is 0.420 e. The summed E-state index contributed by atoms with van der Waals surface area (Å²) in [6, 6.07) is 9.54. The number of aryl methyl sites for hydroxylation is 2. The van der Waals surface area contributed by atoms with Crippen LogP contribution < -0.4 is 11.3 Å². The highest BCUT2D eigenvalue weighted by Gasteiger charge is 2.22. The van der Waals surface area contributed by atoms with Crippen LogP contribution in [0.25, 0.3) is 11.1 Å². The Bertz CT molecular complexity index is 1170. The molecule has 0 aliphatic rings. The van der Waals surface area contributed by atoms with Crippen molar-refractivity contribution >= 4 is 21.1 Å². The van der Waals surface area contributed by atoms with Gasteiger partial charge in [-0.1, -0.05) is 26.0 Å². The average Bonchev–Trinajstić information content (AvgIpc) is 2.97. The largest absolute Gasteiger partial charge is 0.420 e. The first-order valence-corrected chi connectivity index (χ1v) is 10.1. The van der Waals surface area contributed by atoms with Crippen LogP contribution in [-0.2, 0) is 23.1 Å². The SMILES string of the molecule is CCN(CC)S(=O)(=O)c1ccc(=O)n(CCn2c(=O)oc3ccccc32)c1. The smallest absolute Gasteiger partial charge is 0.408 e. The van der Waals surface area contributed by atoms with Crippen LogP contribution in [0.2, 0.25) is 0 Å². The molecular formula is C18H21N3O5S. The summed E-state index contributed by atoms with van der Waals surface area (Å²) in [6.45, 7) is 4.53. The van der Waals surface area contributed by atoms with Crippen molar-refractivity contribution < 1.29 is 12.8 Å². The Labute approximate surface area is 156 Å². The number of rotatable bonds is 7. The van der Waals surface area contributed by atoms with Crippen LogP contribution >= 0.6 is 0 Å². The second-order valence-corrected chi connectivity index (χ2v) is 7.91. The lowest BCUT2D eigenvalue weighted by Crippen LogP contribution is -2.32. The number of fused-ring (bicyclic) bond motifs is 1. The van der Waals surface area contributed by atoms with Gasteiger partial charge in [0.05, 0.1) is 10.4 Å². The topological polar surface area (TPSA) is 94.5 Å². The van der Waals surface area contributed by atoms with Gasteiger partial charge in [0.25, 0.3) is 5.56 Å². The molecule has 0 unspecified atom stereocenters. The van der Waals surface area contributed by atoms with Crippen LogP contribution in [0.5, 0.6) is 0 Å². The van der Waals surface area contributed by atoms with Gasteiger partial charge in [-0.3, -0.25) is 9.36 Å². The van der Waals surface area contributed by atoms with Crippen molar-refractivity contribution in [2.75, 3.05) is 13.1 Å². The van der Waals surface area contributed by atoms with Gasteiger partial charge in [0.2, 0.25) is 10.0 Å². The van der Waals surface area contributed by atoms with Crippen LogP contribution in [0.1, 0.15) is 13.8 Å². The fourth-order valence-electron chi connectivity index (χ4n) is 2.98. The lowest BCUT2D eigenvalue weighted by Gasteiger charge is -2.19. The van der Waals surface area contributed by atoms with Gasteiger partial charge in [0.15, 0.2) is 5.58 Å². The van der Waals surface area contributed by atoms with E-state index in [4.69, 9.17) is 4.42 Å². The van der Waals surface area contributed by atoms with Gasteiger partial charge in [-0.15, -0.1) is 0 Å². The molecule has 0 saturated carbocycles. The van der Waals surface area contributed by atoms with E-state index in [2.05, 4.69) is 0 Å². The highest BCUT2D eigenvalue weighted by molar-refractivity contribution is 7.89. The summed E-state index contributed by atoms with van der Waals surface area (Å²) in [4.78, 5) is 24.3. The Morgan fingerprint density at radius 3 is 2.41 bits per heavy atom. The number of hydrogen-bond acceptors (Lipinski definition) is 5. The fraction of sp³-hybridized carbons (Fsp3) is 0.333. The molecule has 3 aromatic rings. The van der Waals surface area contributed by atoms with Crippen molar-refractivity contribution in [2.24, 2.45) is 0 Å². The van der Waals surface area contributed by atoms with E-state index >= 15 is 0 Å². The lowest BCUT2D eigenvalue weighted by atomic mass is 10.3. The summed E-state index contributed by atoms with van der Waals surface area (Å²) >= 11 is 0. The Morgan fingerprint density at radius 2 is 1.70 bits per heavy atom. The molecule has 1 aromatic carbocycles. The number of hydrogen-bond donors (Lipinski definition) is 0. The first-order chi connectivity index (χ1) is 12.9. The van der Waals surface area contributed by atoms with Crippen LogP contribution in [0.4, 0.5) is 0 Å². The summed E-state index contributed by atoms with van der Waals surface area (Å²) in [5.41, 5.74) is 0.754. The first-order valence-electron chi connectivity index (χ1n) is 8.67. The van der Waals surface area contributed by atoms with Crippen molar-refractivity contribution in [3.8, 4) is 0 Å². The van der Waals surface area contributed by atoms with Gasteiger partial charge in [0.1, 0.15) is 0 Å². The van der Waals surface area contributed by atoms with E-state index in [1.807, 2.05) is 0 Å². The maximum absolute atomic E-state index is 12.7. The quantitative estimate of drug-likeness (QED) is 0.608. The standard InChI is InChI=1S/C18H21N3O5S/c1-3-20(4-2)27(24,25)14-9-10-17(22)19(13-14)11-12-21-15-7-5-6-8-16(15)26-18(21)23/h5-10,13H,3-4,11-12H2,1-2H3. The monoisotopic (exact) mass is 391 g/mol. The predicted molar refractivity (Wildman–Crippen MR) is 101 cm³/mol. The van der Waals surface area contributed by atoms with E-state index in [-0.39, 0.29) is 23.5 Å². The molecule has 2 heterocycles. The third kappa shape index (κ3) is 3.60. The molecule has 2 aromatic heterocycles. The van der Waals surface area contributed by atoms with Crippen molar-refractivity contribution in [3.63, 3.8) is 0 Å². The Hall–Kier alpha value is -2.65. The zero-order chi connectivity index (χ0) is 19.6. The second-order valence-electron chi connectivity index (χ2n) is 5.97. The number of nitrogens with zero attached hydrogens (tertiary/aromatic N) is 3. The molecule has 9 heteroatoms. The number of benzene rings is 1. The zero-order valence-corrected chi connectivity index (χ0v) is 16.0. The molecule has 27 heavy (non-hydrogen) atoms. The van der Waals surface area contributed by atoms with E-state index in [9.17, 15) is 18.0 Å². The molecule has 0 bridgehead atoms. The van der Waals surface area contributed by atoms with Gasteiger partial charge >= 0.3 is 5.76 Å². The molecule has 0 amide bonds. The Balaban J connectivity index is 1.93. The van der Waals surface area contributed by atoms with Crippen molar-refractivity contribution in [1.29, 1.82) is 0 Å². The number of oxazole rings is 1. The molecule has 0 aliphatic carbocycles. The molecular weight excluding hydrogens is 370 g/mol. The van der Waals surface area contributed by atoms with Crippen molar-refractivity contribution in [1.82, 2.24) is 13.4 Å². The van der Waals surface area contributed by atoms with Crippen LogP contribution in [0, 0.1) is 0 Å². The third-order valence-electron chi connectivity index (χ3n) is 4.44. The number of pyridine rings is 1. The van der Waals surface area contributed by atoms with E-state index in [1.165, 1.54) is 31.8 Å². The molecule has 0 atom stereocenters. The fourth-order valence-corrected chi connectivity index (χ4v) is 4.46. The van der Waals surface area contributed by atoms with Gasteiger partial charge < -0.3 is 8.98 Å². The highest BCUT2D eigenvalue weighted by Crippen LogP contribution is 2.14. The van der Waals surface area contributed by atoms with Crippen molar-refractivity contribution in [2.45, 2.75) is 31.8 Å². The zero-order valence-electron chi connectivity index (χ0n) is 15.2. The summed E-state index contributed by atoms with van der Waals surface area (Å²) in [7, 11) is -3.67. The number of sulfonamides is 1. The molecule has 0 saturated heterocycles. The van der Waals surface area contributed by atoms with Crippen LogP contribution in [0.3, 0.4) is 0 Å². The van der Waals surface area contributed by atoms with E-state index in [1.54, 1.807) is 38.1 Å². The summed E-state index contributed by atoms with van der Waals surface area (Å²) in [6.07, 6.45) is 1.32. The summed E-state index contributed by atoms with van der Waals surface area (Å²) < 4.78 is 34.5. The number of aromatic nitrogens is 2. The Morgan fingerprint density at radius 1 is 1.00 bits per heavy atom. The molecule has 0 spiro atoms. The minimum atomic E-state index is -3.67. The average molecular weight is 391 g/mol. The summed E-state index contributed by atoms with van der Waals surface area (Å²) in [5, 5.41) is 0. The van der Waals surface area contributed by atoms with E-state index < -0.39 is 15.8 Å². The third-order valence-corrected chi connectivity index (χ3v) is 6.47. The van der Waals surface area contributed by atoms with Crippen molar-refractivity contribution in [3.05, 3.63) is 63.5 Å². The molecule has 0 aliphatic heterocycles. The lowest BCUT2D eigenvalue weighted by molar-refractivity contribution is 0.443. The molecule has 144 valence electrons. The molecule has 8 nitrogen and oxygen atoms in total. The second kappa shape index (κ2) is 7.53. The van der Waals surface area contributed by atoms with Gasteiger partial charge in [-0.2, -0.15) is 4.31 Å². The minimum absolute atomic E-state index is 0.0511. The van der Waals surface area contributed by atoms with Crippen LogP contribution in [0.15, 0.2) is 61.5 Å². The molecule has 3 rings (SSSR count). The summed E-state index contributed by atoms with van der Waals surface area (Å²) in [5.74, 6) is -0.517. The van der Waals surface area contributed by atoms with Crippen LogP contribution in [-0.4, -0.2) is 34.9 Å². The van der Waals surface area contributed by atoms with Gasteiger partial charge in [-0.05, 0) is 18.2 Å². The number of para-hydroxylation sites is 2. The normalized spacial score (nSPS) is 12.1. The molecule has 0 N–H and O–H groups in total. The highest BCUT2D eigenvalue weighted by atomic mass is 32.2. The Kier molecular flexibility index (Phi) is 5.33. The molecule has 0 fully saturated rings. The van der Waals surface area contributed by atoms with E-state index in [0.29, 0.717) is 24.2 Å². The van der Waals surface area contributed by atoms with E-state index in [0.717, 1.165) is 0 Å². The maximum atomic E-state index is 12.7. The first kappa shape index (κ1) is 19.1. The van der Waals surface area contributed by atoms with Gasteiger partial charge in [-0.25, -0.2) is 13.2 Å². The predicted octanol–water partition coefficient (Wildman–Crippen LogP) is 1.49.